The summed E-state index contributed by atoms with van der Waals surface area (Å²) in [6, 6.07) is 4.54. The van der Waals surface area contributed by atoms with Crippen LogP contribution in [0.25, 0.3) is 0 Å². The van der Waals surface area contributed by atoms with E-state index in [2.05, 4.69) is 20.6 Å². The van der Waals surface area contributed by atoms with E-state index in [-0.39, 0.29) is 17.9 Å². The topological polar surface area (TPSA) is 111 Å². The number of nitriles is 1. The molecule has 3 heterocycles. The lowest BCUT2D eigenvalue weighted by atomic mass is 10.0. The molecule has 2 aliphatic rings. The van der Waals surface area contributed by atoms with E-state index in [1.165, 1.54) is 17.9 Å². The Morgan fingerprint density at radius 1 is 1.45 bits per heavy atom. The fraction of sp³-hybridized carbons (Fsp3) is 0.316. The molecule has 1 atom stereocenters. The van der Waals surface area contributed by atoms with Crippen molar-refractivity contribution in [2.75, 3.05) is 11.9 Å². The normalized spacial score (nSPS) is 17.2. The van der Waals surface area contributed by atoms with E-state index in [1.54, 1.807) is 6.07 Å². The third-order valence-corrected chi connectivity index (χ3v) is 5.10. The molecule has 2 aromatic rings. The summed E-state index contributed by atoms with van der Waals surface area (Å²) < 4.78 is 26.9. The van der Waals surface area contributed by atoms with Gasteiger partial charge in [-0.15, -0.1) is 0 Å². The predicted molar refractivity (Wildman–Crippen MR) is 96.3 cm³/mol. The van der Waals surface area contributed by atoms with Gasteiger partial charge in [0.2, 0.25) is 5.91 Å². The molecule has 8 nitrogen and oxygen atoms in total. The molecule has 2 N–H and O–H groups in total. The second kappa shape index (κ2) is 6.77. The predicted octanol–water partition coefficient (Wildman–Crippen LogP) is 2.34. The monoisotopic (exact) mass is 398 g/mol. The average Bonchev–Trinajstić information content (AvgIpc) is 3.46. The Balaban J connectivity index is 1.52. The maximum atomic E-state index is 13.9. The highest BCUT2D eigenvalue weighted by atomic mass is 19.1. The van der Waals surface area contributed by atoms with Gasteiger partial charge < -0.3 is 15.5 Å². The SMILES string of the molecule is C[C@H](NC(=O)CN1C(=O)Nc2ccc(C#N)nc2C12CC2)c1ncc(F)cc1F. The Morgan fingerprint density at radius 3 is 2.86 bits per heavy atom. The number of fused-ring (bicyclic) bond motifs is 2. The van der Waals surface area contributed by atoms with Crippen LogP contribution in [0.2, 0.25) is 0 Å². The molecule has 1 aliphatic heterocycles. The number of carbonyl (C=O) groups is 2. The summed E-state index contributed by atoms with van der Waals surface area (Å²) in [6.07, 6.45) is 2.10. The van der Waals surface area contributed by atoms with Crippen LogP contribution in [0.1, 0.15) is 42.9 Å². The number of nitrogens with one attached hydrogen (secondary N) is 2. The summed E-state index contributed by atoms with van der Waals surface area (Å²) in [5.74, 6) is -2.20. The van der Waals surface area contributed by atoms with Crippen LogP contribution in [0.5, 0.6) is 0 Å². The Kier molecular flexibility index (Phi) is 4.38. The van der Waals surface area contributed by atoms with E-state index in [1.807, 2.05) is 6.07 Å². The van der Waals surface area contributed by atoms with E-state index >= 15 is 0 Å². The molecule has 0 aromatic carbocycles. The standard InChI is InChI=1S/C19H16F2N6O2/c1-10(16-13(21)6-11(20)8-23-16)24-15(28)9-27-18(29)26-14-3-2-12(7-22)25-17(14)19(27)4-5-19/h2-3,6,8,10H,4-5,9H2,1H3,(H,24,28)(H,26,29)/t10-/m0/s1. The molecule has 0 unspecified atom stereocenters. The quantitative estimate of drug-likeness (QED) is 0.821. The fourth-order valence-corrected chi connectivity index (χ4v) is 3.57. The lowest BCUT2D eigenvalue weighted by Crippen LogP contribution is -2.52. The van der Waals surface area contributed by atoms with E-state index in [0.29, 0.717) is 30.3 Å². The summed E-state index contributed by atoms with van der Waals surface area (Å²) in [5, 5.41) is 14.4. The van der Waals surface area contributed by atoms with Crippen molar-refractivity contribution in [2.45, 2.75) is 31.3 Å². The third kappa shape index (κ3) is 3.24. The van der Waals surface area contributed by atoms with E-state index < -0.39 is 35.2 Å². The molecule has 4 rings (SSSR count). The van der Waals surface area contributed by atoms with Gasteiger partial charge in [0.25, 0.3) is 0 Å². The van der Waals surface area contributed by atoms with Gasteiger partial charge in [-0.2, -0.15) is 5.26 Å². The number of anilines is 1. The van der Waals surface area contributed by atoms with Crippen molar-refractivity contribution < 1.29 is 18.4 Å². The highest BCUT2D eigenvalue weighted by Gasteiger charge is 2.57. The van der Waals surface area contributed by atoms with Crippen LogP contribution >= 0.6 is 0 Å². The number of nitrogens with zero attached hydrogens (tertiary/aromatic N) is 4. The van der Waals surface area contributed by atoms with Crippen molar-refractivity contribution in [1.29, 1.82) is 5.26 Å². The van der Waals surface area contributed by atoms with Crippen LogP contribution in [0.3, 0.4) is 0 Å². The molecule has 1 spiro atoms. The van der Waals surface area contributed by atoms with Crippen molar-refractivity contribution >= 4 is 17.6 Å². The summed E-state index contributed by atoms with van der Waals surface area (Å²) in [4.78, 5) is 34.5. The Morgan fingerprint density at radius 2 is 2.21 bits per heavy atom. The highest BCUT2D eigenvalue weighted by Crippen LogP contribution is 2.54. The second-order valence-corrected chi connectivity index (χ2v) is 7.06. The van der Waals surface area contributed by atoms with E-state index in [9.17, 15) is 18.4 Å². The van der Waals surface area contributed by atoms with Crippen molar-refractivity contribution in [1.82, 2.24) is 20.2 Å². The zero-order valence-corrected chi connectivity index (χ0v) is 15.4. The Hall–Kier alpha value is -3.61. The molecule has 1 saturated carbocycles. The molecule has 0 radical (unpaired) electrons. The first-order valence-electron chi connectivity index (χ1n) is 8.94. The molecule has 0 saturated heterocycles. The molecule has 29 heavy (non-hydrogen) atoms. The zero-order valence-electron chi connectivity index (χ0n) is 15.4. The molecule has 10 heteroatoms. The minimum Gasteiger partial charge on any atom is -0.346 e. The number of aromatic nitrogens is 2. The molecule has 0 bridgehead atoms. The minimum atomic E-state index is -0.866. The molecule has 2 aromatic heterocycles. The van der Waals surface area contributed by atoms with Crippen LogP contribution < -0.4 is 10.6 Å². The molecule has 1 fully saturated rings. The van der Waals surface area contributed by atoms with Gasteiger partial charge in [0.05, 0.1) is 34.9 Å². The molecule has 1 aliphatic carbocycles. The van der Waals surface area contributed by atoms with Crippen LogP contribution in [0, 0.1) is 23.0 Å². The van der Waals surface area contributed by atoms with Crippen molar-refractivity contribution in [3.63, 3.8) is 0 Å². The Labute approximate surface area is 164 Å². The second-order valence-electron chi connectivity index (χ2n) is 7.06. The molecular weight excluding hydrogens is 382 g/mol. The number of halogens is 2. The van der Waals surface area contributed by atoms with Gasteiger partial charge in [0, 0.05) is 6.07 Å². The number of pyridine rings is 2. The van der Waals surface area contributed by atoms with E-state index in [4.69, 9.17) is 5.26 Å². The van der Waals surface area contributed by atoms with Crippen molar-refractivity contribution in [3.8, 4) is 6.07 Å². The molecular formula is C19H16F2N6O2. The summed E-state index contributed by atoms with van der Waals surface area (Å²) >= 11 is 0. The number of hydrogen-bond acceptors (Lipinski definition) is 5. The largest absolute Gasteiger partial charge is 0.346 e. The first kappa shape index (κ1) is 18.7. The number of urea groups is 1. The van der Waals surface area contributed by atoms with Crippen LogP contribution in [-0.4, -0.2) is 33.4 Å². The van der Waals surface area contributed by atoms with Crippen molar-refractivity contribution in [2.24, 2.45) is 0 Å². The van der Waals surface area contributed by atoms with Crippen molar-refractivity contribution in [3.05, 3.63) is 53.1 Å². The maximum Gasteiger partial charge on any atom is 0.323 e. The van der Waals surface area contributed by atoms with Gasteiger partial charge >= 0.3 is 6.03 Å². The third-order valence-electron chi connectivity index (χ3n) is 5.10. The summed E-state index contributed by atoms with van der Waals surface area (Å²) in [5.41, 5.74) is 0.471. The van der Waals surface area contributed by atoms with Crippen LogP contribution in [0.15, 0.2) is 24.4 Å². The van der Waals surface area contributed by atoms with E-state index in [0.717, 1.165) is 6.20 Å². The first-order valence-corrected chi connectivity index (χ1v) is 8.94. The lowest BCUT2D eigenvalue weighted by Gasteiger charge is -2.36. The van der Waals surface area contributed by atoms with Crippen LogP contribution in [-0.2, 0) is 10.3 Å². The van der Waals surface area contributed by atoms with Gasteiger partial charge in [-0.3, -0.25) is 9.78 Å². The fourth-order valence-electron chi connectivity index (χ4n) is 3.57. The van der Waals surface area contributed by atoms with Gasteiger partial charge in [0.15, 0.2) is 0 Å². The molecule has 148 valence electrons. The van der Waals surface area contributed by atoms with Gasteiger partial charge in [-0.05, 0) is 31.9 Å². The highest BCUT2D eigenvalue weighted by molar-refractivity contribution is 5.96. The first-order chi connectivity index (χ1) is 13.8. The van der Waals surface area contributed by atoms with Gasteiger partial charge in [-0.1, -0.05) is 0 Å². The lowest BCUT2D eigenvalue weighted by molar-refractivity contribution is -0.123. The van der Waals surface area contributed by atoms with Crippen LogP contribution in [0.4, 0.5) is 19.3 Å². The maximum absolute atomic E-state index is 13.9. The zero-order chi connectivity index (χ0) is 20.8. The number of hydrogen-bond donors (Lipinski definition) is 2. The summed E-state index contributed by atoms with van der Waals surface area (Å²) in [7, 11) is 0. The van der Waals surface area contributed by atoms with Gasteiger partial charge in [0.1, 0.15) is 29.9 Å². The molecule has 3 amide bonds. The minimum absolute atomic E-state index is 0.102. The number of amides is 3. The number of carbonyl (C=O) groups excluding carboxylic acids is 2. The average molecular weight is 398 g/mol. The number of rotatable bonds is 4. The smallest absolute Gasteiger partial charge is 0.323 e. The Bertz CT molecular complexity index is 1060. The van der Waals surface area contributed by atoms with Gasteiger partial charge in [-0.25, -0.2) is 18.6 Å². The summed E-state index contributed by atoms with van der Waals surface area (Å²) in [6.45, 7) is 1.23.